The highest BCUT2D eigenvalue weighted by molar-refractivity contribution is 5.94. The van der Waals surface area contributed by atoms with Crippen LogP contribution in [0.5, 0.6) is 5.75 Å². The molecule has 35 heavy (non-hydrogen) atoms. The number of benzene rings is 1. The SMILES string of the molecule is CCC(C)C(NC(=O)C(N)CO)C(=O)NC(C(=O)NC(Cc1ccc(O)cc1)C(=O)O)C(C)CC. The summed E-state index contributed by atoms with van der Waals surface area (Å²) in [4.78, 5) is 50.2. The van der Waals surface area contributed by atoms with Crippen LogP contribution in [0.1, 0.15) is 46.1 Å². The van der Waals surface area contributed by atoms with E-state index in [-0.39, 0.29) is 24.0 Å². The summed E-state index contributed by atoms with van der Waals surface area (Å²) in [7, 11) is 0. The van der Waals surface area contributed by atoms with Crippen molar-refractivity contribution in [3.05, 3.63) is 29.8 Å². The van der Waals surface area contributed by atoms with Gasteiger partial charge in [-0.2, -0.15) is 0 Å². The van der Waals surface area contributed by atoms with Gasteiger partial charge in [-0.05, 0) is 29.5 Å². The monoisotopic (exact) mass is 494 g/mol. The fourth-order valence-electron chi connectivity index (χ4n) is 3.32. The molecule has 11 nitrogen and oxygen atoms in total. The quantitative estimate of drug-likeness (QED) is 0.186. The molecule has 0 aliphatic rings. The maximum Gasteiger partial charge on any atom is 0.326 e. The lowest BCUT2D eigenvalue weighted by Crippen LogP contribution is -2.60. The Hall–Kier alpha value is -3.18. The molecule has 0 aliphatic carbocycles. The van der Waals surface area contributed by atoms with Gasteiger partial charge in [-0.25, -0.2) is 4.79 Å². The molecule has 0 spiro atoms. The zero-order valence-corrected chi connectivity index (χ0v) is 20.7. The fourth-order valence-corrected chi connectivity index (χ4v) is 3.32. The average Bonchev–Trinajstić information content (AvgIpc) is 2.84. The number of carboxylic acids is 1. The first-order valence-electron chi connectivity index (χ1n) is 11.7. The molecule has 0 radical (unpaired) electrons. The minimum Gasteiger partial charge on any atom is -0.508 e. The Labute approximate surface area is 205 Å². The van der Waals surface area contributed by atoms with Gasteiger partial charge < -0.3 is 37.0 Å². The van der Waals surface area contributed by atoms with E-state index in [4.69, 9.17) is 10.8 Å². The maximum absolute atomic E-state index is 13.1. The van der Waals surface area contributed by atoms with Gasteiger partial charge in [0.2, 0.25) is 17.7 Å². The minimum atomic E-state index is -1.26. The topological polar surface area (TPSA) is 191 Å². The van der Waals surface area contributed by atoms with Crippen molar-refractivity contribution in [3.8, 4) is 5.75 Å². The highest BCUT2D eigenvalue weighted by atomic mass is 16.4. The van der Waals surface area contributed by atoms with Crippen LogP contribution in [0.2, 0.25) is 0 Å². The van der Waals surface area contributed by atoms with Crippen LogP contribution in [0.3, 0.4) is 0 Å². The van der Waals surface area contributed by atoms with Crippen LogP contribution in [0.25, 0.3) is 0 Å². The molecule has 0 aromatic heterocycles. The summed E-state index contributed by atoms with van der Waals surface area (Å²) in [6.07, 6.45) is 1.04. The molecule has 0 aliphatic heterocycles. The number of hydrogen-bond acceptors (Lipinski definition) is 7. The lowest BCUT2D eigenvalue weighted by molar-refractivity contribution is -0.142. The summed E-state index contributed by atoms with van der Waals surface area (Å²) in [6, 6.07) is 1.45. The molecule has 0 saturated heterocycles. The Balaban J connectivity index is 3.06. The lowest BCUT2D eigenvalue weighted by Gasteiger charge is -2.30. The predicted molar refractivity (Wildman–Crippen MR) is 129 cm³/mol. The van der Waals surface area contributed by atoms with Crippen molar-refractivity contribution in [2.75, 3.05) is 6.61 Å². The minimum absolute atomic E-state index is 0.0207. The van der Waals surface area contributed by atoms with E-state index in [9.17, 15) is 29.4 Å². The molecule has 0 saturated carbocycles. The number of aliphatic hydroxyl groups excluding tert-OH is 1. The Bertz CT molecular complexity index is 862. The van der Waals surface area contributed by atoms with Crippen LogP contribution in [0.15, 0.2) is 24.3 Å². The first-order chi connectivity index (χ1) is 16.4. The molecule has 1 aromatic carbocycles. The highest BCUT2D eigenvalue weighted by Gasteiger charge is 2.34. The fraction of sp³-hybridized carbons (Fsp3) is 0.583. The molecule has 0 fully saturated rings. The number of carbonyl (C=O) groups excluding carboxylic acids is 3. The van der Waals surface area contributed by atoms with Gasteiger partial charge in [0.15, 0.2) is 0 Å². The highest BCUT2D eigenvalue weighted by Crippen LogP contribution is 2.14. The zero-order valence-electron chi connectivity index (χ0n) is 20.7. The number of rotatable bonds is 14. The molecular weight excluding hydrogens is 456 g/mol. The predicted octanol–water partition coefficient (Wildman–Crippen LogP) is -0.114. The molecule has 0 bridgehead atoms. The number of amides is 3. The van der Waals surface area contributed by atoms with Gasteiger partial charge >= 0.3 is 5.97 Å². The molecule has 3 amide bonds. The number of carbonyl (C=O) groups is 4. The molecule has 11 heteroatoms. The van der Waals surface area contributed by atoms with E-state index >= 15 is 0 Å². The summed E-state index contributed by atoms with van der Waals surface area (Å²) in [5.74, 6) is -3.82. The van der Waals surface area contributed by atoms with Crippen LogP contribution in [-0.4, -0.2) is 69.8 Å². The van der Waals surface area contributed by atoms with Gasteiger partial charge in [-0.3, -0.25) is 14.4 Å². The second-order valence-electron chi connectivity index (χ2n) is 8.80. The summed E-state index contributed by atoms with van der Waals surface area (Å²) < 4.78 is 0. The number of nitrogens with two attached hydrogens (primary N) is 1. The van der Waals surface area contributed by atoms with Crippen molar-refractivity contribution in [1.29, 1.82) is 0 Å². The van der Waals surface area contributed by atoms with E-state index < -0.39 is 54.5 Å². The smallest absolute Gasteiger partial charge is 0.326 e. The summed E-state index contributed by atoms with van der Waals surface area (Å²) in [5.41, 5.74) is 6.15. The average molecular weight is 495 g/mol. The Morgan fingerprint density at radius 2 is 1.31 bits per heavy atom. The largest absolute Gasteiger partial charge is 0.508 e. The van der Waals surface area contributed by atoms with E-state index in [2.05, 4.69) is 16.0 Å². The molecule has 8 N–H and O–H groups in total. The molecule has 196 valence electrons. The van der Waals surface area contributed by atoms with E-state index in [1.165, 1.54) is 12.1 Å². The van der Waals surface area contributed by atoms with Crippen molar-refractivity contribution in [2.45, 2.75) is 71.1 Å². The second kappa shape index (κ2) is 14.3. The Kier molecular flexibility index (Phi) is 12.2. The molecule has 1 aromatic rings. The number of aromatic hydroxyl groups is 1. The second-order valence-corrected chi connectivity index (χ2v) is 8.80. The number of aliphatic hydroxyl groups is 1. The van der Waals surface area contributed by atoms with E-state index in [0.29, 0.717) is 18.4 Å². The number of aliphatic carboxylic acids is 1. The molecule has 6 atom stereocenters. The normalized spacial score (nSPS) is 16.2. The van der Waals surface area contributed by atoms with Gasteiger partial charge in [-0.15, -0.1) is 0 Å². The first kappa shape index (κ1) is 29.9. The number of phenolic OH excluding ortho intramolecular Hbond substituents is 1. The number of carboxylic acid groups (broad SMARTS) is 1. The summed E-state index contributed by atoms with van der Waals surface area (Å²) in [6.45, 7) is 6.58. The van der Waals surface area contributed by atoms with Crippen molar-refractivity contribution in [1.82, 2.24) is 16.0 Å². The first-order valence-corrected chi connectivity index (χ1v) is 11.7. The molecular formula is C24H38N4O7. The van der Waals surface area contributed by atoms with Crippen molar-refractivity contribution in [2.24, 2.45) is 17.6 Å². The molecule has 1 rings (SSSR count). The summed E-state index contributed by atoms with van der Waals surface area (Å²) in [5, 5.41) is 35.9. The standard InChI is InChI=1S/C24H38N4O7/c1-5-13(3)19(28-23(33)20(14(4)6-2)27-21(31)17(25)12-29)22(32)26-18(24(34)35)11-15-7-9-16(30)10-8-15/h7-10,13-14,17-20,29-30H,5-6,11-12,25H2,1-4H3,(H,26,32)(H,27,31)(H,28,33)(H,34,35). The van der Waals surface area contributed by atoms with Crippen LogP contribution in [0.4, 0.5) is 0 Å². The number of nitrogens with one attached hydrogen (secondary N) is 3. The van der Waals surface area contributed by atoms with Gasteiger partial charge in [0.05, 0.1) is 6.61 Å². The van der Waals surface area contributed by atoms with E-state index in [0.717, 1.165) is 0 Å². The van der Waals surface area contributed by atoms with Crippen molar-refractivity contribution in [3.63, 3.8) is 0 Å². The Morgan fingerprint density at radius 1 is 0.857 bits per heavy atom. The molecule has 0 heterocycles. The molecule has 6 unspecified atom stereocenters. The Morgan fingerprint density at radius 3 is 1.74 bits per heavy atom. The number of phenols is 1. The third-order valence-corrected chi connectivity index (χ3v) is 6.11. The van der Waals surface area contributed by atoms with Gasteiger partial charge in [0.25, 0.3) is 0 Å². The van der Waals surface area contributed by atoms with E-state index in [1.54, 1.807) is 26.0 Å². The third kappa shape index (κ3) is 9.18. The lowest BCUT2D eigenvalue weighted by atomic mass is 9.94. The van der Waals surface area contributed by atoms with Crippen LogP contribution >= 0.6 is 0 Å². The summed E-state index contributed by atoms with van der Waals surface area (Å²) >= 11 is 0. The maximum atomic E-state index is 13.1. The van der Waals surface area contributed by atoms with Crippen LogP contribution < -0.4 is 21.7 Å². The van der Waals surface area contributed by atoms with E-state index in [1.807, 2.05) is 13.8 Å². The van der Waals surface area contributed by atoms with Crippen molar-refractivity contribution < 1.29 is 34.5 Å². The number of hydrogen-bond donors (Lipinski definition) is 7. The van der Waals surface area contributed by atoms with Crippen molar-refractivity contribution >= 4 is 23.7 Å². The zero-order chi connectivity index (χ0) is 26.7. The van der Waals surface area contributed by atoms with Gasteiger partial charge in [-0.1, -0.05) is 52.7 Å². The van der Waals surface area contributed by atoms with Crippen LogP contribution in [0, 0.1) is 11.8 Å². The van der Waals surface area contributed by atoms with Crippen LogP contribution in [-0.2, 0) is 25.6 Å². The van der Waals surface area contributed by atoms with Gasteiger partial charge in [0, 0.05) is 6.42 Å². The van der Waals surface area contributed by atoms with Gasteiger partial charge in [0.1, 0.15) is 29.9 Å². The third-order valence-electron chi connectivity index (χ3n) is 6.11.